The fourth-order valence-corrected chi connectivity index (χ4v) is 3.88. The first kappa shape index (κ1) is 18.5. The number of hydrogen-bond donors (Lipinski definition) is 1. The number of aryl methyl sites for hydroxylation is 1. The molecular formula is C19H24N4O2S. The minimum atomic E-state index is -0.344. The molecule has 1 atom stereocenters. The smallest absolute Gasteiger partial charge is 0.246 e. The van der Waals surface area contributed by atoms with Gasteiger partial charge in [0, 0.05) is 24.5 Å². The molecule has 1 N–H and O–H groups in total. The molecule has 0 unspecified atom stereocenters. The summed E-state index contributed by atoms with van der Waals surface area (Å²) in [4.78, 5) is 24.0. The molecule has 3 aromatic rings. The van der Waals surface area contributed by atoms with Crippen LogP contribution in [0, 0.1) is 0 Å². The summed E-state index contributed by atoms with van der Waals surface area (Å²) >= 11 is 1.52. The van der Waals surface area contributed by atoms with Crippen molar-refractivity contribution in [3.05, 3.63) is 46.7 Å². The van der Waals surface area contributed by atoms with Crippen LogP contribution in [-0.2, 0) is 17.8 Å². The number of carbonyl (C=O) groups is 1. The lowest BCUT2D eigenvalue weighted by Crippen LogP contribution is -2.39. The maximum absolute atomic E-state index is 13.3. The summed E-state index contributed by atoms with van der Waals surface area (Å²) in [6, 6.07) is 7.57. The molecule has 0 aliphatic heterocycles. The van der Waals surface area contributed by atoms with Crippen molar-refractivity contribution in [1.29, 1.82) is 0 Å². The summed E-state index contributed by atoms with van der Waals surface area (Å²) in [5.74, 6) is 0.902. The van der Waals surface area contributed by atoms with Gasteiger partial charge < -0.3 is 14.6 Å². The predicted octanol–water partition coefficient (Wildman–Crippen LogP) is 3.03. The molecule has 0 saturated heterocycles. The SMILES string of the molecule is CCc1nc2ccccc2n1[C@H](CC)C(=O)N(CCO)Cc1nccs1. The maximum Gasteiger partial charge on any atom is 0.246 e. The molecule has 2 aromatic heterocycles. The Balaban J connectivity index is 1.97. The van der Waals surface area contributed by atoms with Gasteiger partial charge in [-0.2, -0.15) is 0 Å². The predicted molar refractivity (Wildman–Crippen MR) is 103 cm³/mol. The Morgan fingerprint density at radius 1 is 1.35 bits per heavy atom. The molecule has 3 rings (SSSR count). The number of thiazole rings is 1. The van der Waals surface area contributed by atoms with Crippen LogP contribution >= 0.6 is 11.3 Å². The van der Waals surface area contributed by atoms with E-state index >= 15 is 0 Å². The molecule has 6 nitrogen and oxygen atoms in total. The second-order valence-corrected chi connectivity index (χ2v) is 7.05. The number of imidazole rings is 1. The highest BCUT2D eigenvalue weighted by Crippen LogP contribution is 2.26. The van der Waals surface area contributed by atoms with Crippen LogP contribution < -0.4 is 0 Å². The van der Waals surface area contributed by atoms with Crippen molar-refractivity contribution in [3.63, 3.8) is 0 Å². The zero-order valence-electron chi connectivity index (χ0n) is 15.1. The Kier molecular flexibility index (Phi) is 6.00. The van der Waals surface area contributed by atoms with Crippen molar-refractivity contribution in [2.75, 3.05) is 13.2 Å². The van der Waals surface area contributed by atoms with Gasteiger partial charge in [-0.05, 0) is 18.6 Å². The molecule has 0 spiro atoms. The highest BCUT2D eigenvalue weighted by atomic mass is 32.1. The Morgan fingerprint density at radius 2 is 2.15 bits per heavy atom. The third-order valence-electron chi connectivity index (χ3n) is 4.46. The Hall–Kier alpha value is -2.25. The van der Waals surface area contributed by atoms with E-state index in [1.54, 1.807) is 11.1 Å². The van der Waals surface area contributed by atoms with Crippen LogP contribution in [0.25, 0.3) is 11.0 Å². The standard InChI is InChI=1S/C19H24N4O2S/c1-3-15(19(25)22(10-11-24)13-18-20-9-12-26-18)23-16-8-6-5-7-14(16)21-17(23)4-2/h5-9,12,15,24H,3-4,10-11,13H2,1-2H3/t15-/m1/s1. The summed E-state index contributed by atoms with van der Waals surface area (Å²) < 4.78 is 2.06. The lowest BCUT2D eigenvalue weighted by Gasteiger charge is -2.27. The van der Waals surface area contributed by atoms with Crippen molar-refractivity contribution in [1.82, 2.24) is 19.4 Å². The number of aliphatic hydroxyl groups is 1. The molecular weight excluding hydrogens is 348 g/mol. The fourth-order valence-electron chi connectivity index (χ4n) is 3.25. The number of hydrogen-bond acceptors (Lipinski definition) is 5. The average Bonchev–Trinajstić information content (AvgIpc) is 3.30. The second kappa shape index (κ2) is 8.42. The minimum Gasteiger partial charge on any atom is -0.395 e. The van der Waals surface area contributed by atoms with Gasteiger partial charge in [0.1, 0.15) is 16.9 Å². The molecule has 138 valence electrons. The summed E-state index contributed by atoms with van der Waals surface area (Å²) in [6.45, 7) is 4.71. The quantitative estimate of drug-likeness (QED) is 0.660. The second-order valence-electron chi connectivity index (χ2n) is 6.07. The molecule has 1 amide bonds. The number of rotatable bonds is 8. The molecule has 0 bridgehead atoms. The van der Waals surface area contributed by atoms with E-state index < -0.39 is 0 Å². The van der Waals surface area contributed by atoms with Crippen molar-refractivity contribution >= 4 is 28.3 Å². The monoisotopic (exact) mass is 372 g/mol. The number of aromatic nitrogens is 3. The highest BCUT2D eigenvalue weighted by molar-refractivity contribution is 7.09. The Labute approximate surface area is 157 Å². The summed E-state index contributed by atoms with van der Waals surface area (Å²) in [7, 11) is 0. The summed E-state index contributed by atoms with van der Waals surface area (Å²) in [5, 5.41) is 12.2. The van der Waals surface area contributed by atoms with Crippen molar-refractivity contribution in [3.8, 4) is 0 Å². The Morgan fingerprint density at radius 3 is 2.81 bits per heavy atom. The molecule has 7 heteroatoms. The van der Waals surface area contributed by atoms with Crippen LogP contribution in [0.4, 0.5) is 0 Å². The third kappa shape index (κ3) is 3.64. The largest absolute Gasteiger partial charge is 0.395 e. The van der Waals surface area contributed by atoms with Crippen molar-refractivity contribution in [2.45, 2.75) is 39.3 Å². The lowest BCUT2D eigenvalue weighted by molar-refractivity contribution is -0.136. The van der Waals surface area contributed by atoms with E-state index in [0.29, 0.717) is 19.5 Å². The molecule has 0 radical (unpaired) electrons. The van der Waals surface area contributed by atoms with Crippen LogP contribution in [-0.4, -0.2) is 43.6 Å². The van der Waals surface area contributed by atoms with Crippen molar-refractivity contribution in [2.24, 2.45) is 0 Å². The number of fused-ring (bicyclic) bond motifs is 1. The molecule has 0 saturated carbocycles. The van der Waals surface area contributed by atoms with Crippen LogP contribution in [0.1, 0.15) is 37.1 Å². The van der Waals surface area contributed by atoms with Gasteiger partial charge >= 0.3 is 0 Å². The van der Waals surface area contributed by atoms with Gasteiger partial charge in [0.15, 0.2) is 0 Å². The van der Waals surface area contributed by atoms with E-state index in [2.05, 4.69) is 16.5 Å². The third-order valence-corrected chi connectivity index (χ3v) is 5.22. The van der Waals surface area contributed by atoms with Crippen LogP contribution in [0.3, 0.4) is 0 Å². The van der Waals surface area contributed by atoms with E-state index in [-0.39, 0.29) is 18.6 Å². The fraction of sp³-hybridized carbons (Fsp3) is 0.421. The first-order chi connectivity index (χ1) is 12.7. The number of para-hydroxylation sites is 2. The number of aliphatic hydroxyl groups excluding tert-OH is 1. The van der Waals surface area contributed by atoms with E-state index in [0.717, 1.165) is 28.3 Å². The zero-order valence-corrected chi connectivity index (χ0v) is 15.9. The molecule has 0 aliphatic rings. The molecule has 0 aliphatic carbocycles. The van der Waals surface area contributed by atoms with Gasteiger partial charge in [0.05, 0.1) is 24.2 Å². The van der Waals surface area contributed by atoms with E-state index in [9.17, 15) is 9.90 Å². The molecule has 1 aromatic carbocycles. The summed E-state index contributed by atoms with van der Waals surface area (Å²) in [6.07, 6.45) is 3.15. The number of amides is 1. The van der Waals surface area contributed by atoms with Crippen LogP contribution in [0.15, 0.2) is 35.8 Å². The van der Waals surface area contributed by atoms with Gasteiger partial charge in [-0.15, -0.1) is 11.3 Å². The molecule has 0 fully saturated rings. The van der Waals surface area contributed by atoms with Gasteiger partial charge in [0.25, 0.3) is 0 Å². The number of nitrogens with zero attached hydrogens (tertiary/aromatic N) is 4. The average molecular weight is 372 g/mol. The van der Waals surface area contributed by atoms with Gasteiger partial charge in [0.2, 0.25) is 5.91 Å². The maximum atomic E-state index is 13.3. The zero-order chi connectivity index (χ0) is 18.5. The first-order valence-electron chi connectivity index (χ1n) is 8.93. The van der Waals surface area contributed by atoms with Gasteiger partial charge in [-0.3, -0.25) is 4.79 Å². The lowest BCUT2D eigenvalue weighted by atomic mass is 10.1. The van der Waals surface area contributed by atoms with E-state index in [4.69, 9.17) is 4.98 Å². The number of carbonyl (C=O) groups excluding carboxylic acids is 1. The van der Waals surface area contributed by atoms with Gasteiger partial charge in [-0.1, -0.05) is 26.0 Å². The first-order valence-corrected chi connectivity index (χ1v) is 9.81. The minimum absolute atomic E-state index is 0.00500. The van der Waals surface area contributed by atoms with E-state index in [1.807, 2.05) is 36.6 Å². The van der Waals surface area contributed by atoms with Crippen molar-refractivity contribution < 1.29 is 9.90 Å². The van der Waals surface area contributed by atoms with Crippen LogP contribution in [0.5, 0.6) is 0 Å². The summed E-state index contributed by atoms with van der Waals surface area (Å²) in [5.41, 5.74) is 1.88. The molecule has 26 heavy (non-hydrogen) atoms. The Bertz CT molecular complexity index is 860. The van der Waals surface area contributed by atoms with E-state index in [1.165, 1.54) is 11.3 Å². The topological polar surface area (TPSA) is 71.2 Å². The normalized spacial score (nSPS) is 12.4. The van der Waals surface area contributed by atoms with Gasteiger partial charge in [-0.25, -0.2) is 9.97 Å². The van der Waals surface area contributed by atoms with Crippen LogP contribution in [0.2, 0.25) is 0 Å². The highest BCUT2D eigenvalue weighted by Gasteiger charge is 2.28. The number of benzene rings is 1. The molecule has 2 heterocycles.